The van der Waals surface area contributed by atoms with Gasteiger partial charge in [-0.1, -0.05) is 0 Å². The lowest BCUT2D eigenvalue weighted by Gasteiger charge is -2.05. The third-order valence-electron chi connectivity index (χ3n) is 3.04. The zero-order chi connectivity index (χ0) is 12.7. The molecule has 2 aromatic heterocycles. The van der Waals surface area contributed by atoms with Crippen molar-refractivity contribution in [3.05, 3.63) is 59.5 Å². The van der Waals surface area contributed by atoms with Crippen molar-refractivity contribution < 1.29 is 18.3 Å². The molecule has 1 N–H and O–H groups in total. The second kappa shape index (κ2) is 3.99. The Labute approximate surface area is 102 Å². The number of furan rings is 2. The van der Waals surface area contributed by atoms with Crippen molar-refractivity contribution in [3.8, 4) is 0 Å². The van der Waals surface area contributed by atoms with Crippen LogP contribution in [0.25, 0.3) is 11.0 Å². The number of fused-ring (bicyclic) bond motifs is 1. The molecule has 0 aliphatic carbocycles. The van der Waals surface area contributed by atoms with Crippen molar-refractivity contribution in [1.82, 2.24) is 0 Å². The largest absolute Gasteiger partial charge is 0.472 e. The Morgan fingerprint density at radius 3 is 2.83 bits per heavy atom. The molecule has 0 bridgehead atoms. The Morgan fingerprint density at radius 1 is 1.28 bits per heavy atom. The normalized spacial score (nSPS) is 13.1. The van der Waals surface area contributed by atoms with Gasteiger partial charge in [0.15, 0.2) is 0 Å². The first-order valence-electron chi connectivity index (χ1n) is 5.55. The van der Waals surface area contributed by atoms with Gasteiger partial charge in [-0.25, -0.2) is 4.39 Å². The molecular weight excluding hydrogens is 235 g/mol. The van der Waals surface area contributed by atoms with Gasteiger partial charge in [0.1, 0.15) is 23.3 Å². The maximum atomic E-state index is 13.2. The molecule has 3 nitrogen and oxygen atoms in total. The van der Waals surface area contributed by atoms with Crippen LogP contribution in [0.15, 0.2) is 45.6 Å². The summed E-state index contributed by atoms with van der Waals surface area (Å²) in [6.07, 6.45) is 2.04. The highest BCUT2D eigenvalue weighted by Gasteiger charge is 2.20. The minimum atomic E-state index is -0.904. The molecule has 0 aliphatic heterocycles. The average Bonchev–Trinajstić information content (AvgIpc) is 2.98. The molecule has 0 saturated heterocycles. The molecule has 0 aliphatic rings. The molecule has 3 aromatic rings. The fraction of sp³-hybridized carbons (Fsp3) is 0.143. The maximum absolute atomic E-state index is 13.2. The van der Waals surface area contributed by atoms with Gasteiger partial charge in [0.2, 0.25) is 0 Å². The first kappa shape index (κ1) is 11.0. The maximum Gasteiger partial charge on any atom is 0.141 e. The molecule has 1 aromatic carbocycles. The number of aryl methyl sites for hydroxylation is 1. The third kappa shape index (κ3) is 1.62. The van der Waals surface area contributed by atoms with E-state index in [-0.39, 0.29) is 5.82 Å². The van der Waals surface area contributed by atoms with Gasteiger partial charge in [-0.2, -0.15) is 0 Å². The van der Waals surface area contributed by atoms with E-state index < -0.39 is 6.10 Å². The second-order valence-electron chi connectivity index (χ2n) is 4.19. The summed E-state index contributed by atoms with van der Waals surface area (Å²) in [5, 5.41) is 10.9. The van der Waals surface area contributed by atoms with Gasteiger partial charge in [0, 0.05) is 16.5 Å². The van der Waals surface area contributed by atoms with E-state index in [9.17, 15) is 9.50 Å². The summed E-state index contributed by atoms with van der Waals surface area (Å²) in [7, 11) is 0. The Kier molecular flexibility index (Phi) is 2.45. The van der Waals surface area contributed by atoms with Gasteiger partial charge in [-0.3, -0.25) is 0 Å². The zero-order valence-electron chi connectivity index (χ0n) is 9.68. The van der Waals surface area contributed by atoms with E-state index in [1.54, 1.807) is 19.1 Å². The Balaban J connectivity index is 2.15. The summed E-state index contributed by atoms with van der Waals surface area (Å²) in [4.78, 5) is 0. The van der Waals surface area contributed by atoms with Crippen LogP contribution < -0.4 is 0 Å². The molecule has 0 amide bonds. The molecule has 0 spiro atoms. The minimum Gasteiger partial charge on any atom is -0.472 e. The number of aliphatic hydroxyl groups excluding tert-OH is 1. The number of rotatable bonds is 2. The molecule has 3 rings (SSSR count). The lowest BCUT2D eigenvalue weighted by Crippen LogP contribution is -1.97. The van der Waals surface area contributed by atoms with Crippen LogP contribution in [-0.4, -0.2) is 5.11 Å². The van der Waals surface area contributed by atoms with Gasteiger partial charge in [-0.05, 0) is 31.2 Å². The van der Waals surface area contributed by atoms with E-state index in [1.165, 1.54) is 24.7 Å². The summed E-state index contributed by atoms with van der Waals surface area (Å²) >= 11 is 0. The Hall–Kier alpha value is -2.07. The lowest BCUT2D eigenvalue weighted by atomic mass is 10.1. The smallest absolute Gasteiger partial charge is 0.141 e. The van der Waals surface area contributed by atoms with Gasteiger partial charge in [-0.15, -0.1) is 0 Å². The molecular formula is C14H11FO3. The summed E-state index contributed by atoms with van der Waals surface area (Å²) in [5.74, 6) is 0.0905. The molecule has 0 fully saturated rings. The van der Waals surface area contributed by atoms with Gasteiger partial charge < -0.3 is 13.9 Å². The molecule has 18 heavy (non-hydrogen) atoms. The van der Waals surface area contributed by atoms with Crippen LogP contribution in [0, 0.1) is 12.7 Å². The third-order valence-corrected chi connectivity index (χ3v) is 3.04. The predicted octanol–water partition coefficient (Wildman–Crippen LogP) is 3.56. The van der Waals surface area contributed by atoms with Gasteiger partial charge in [0.25, 0.3) is 0 Å². The molecule has 4 heteroatoms. The van der Waals surface area contributed by atoms with Crippen molar-refractivity contribution >= 4 is 11.0 Å². The topological polar surface area (TPSA) is 46.5 Å². The highest BCUT2D eigenvalue weighted by atomic mass is 19.1. The first-order chi connectivity index (χ1) is 8.66. The molecule has 92 valence electrons. The van der Waals surface area contributed by atoms with Crippen LogP contribution in [0.4, 0.5) is 4.39 Å². The van der Waals surface area contributed by atoms with Crippen molar-refractivity contribution in [2.75, 3.05) is 0 Å². The first-order valence-corrected chi connectivity index (χ1v) is 5.55. The summed E-state index contributed by atoms with van der Waals surface area (Å²) in [6, 6.07) is 5.96. The second-order valence-corrected chi connectivity index (χ2v) is 4.19. The van der Waals surface area contributed by atoms with Crippen molar-refractivity contribution in [2.24, 2.45) is 0 Å². The van der Waals surface area contributed by atoms with E-state index in [0.29, 0.717) is 22.3 Å². The zero-order valence-corrected chi connectivity index (χ0v) is 9.68. The van der Waals surface area contributed by atoms with Crippen LogP contribution >= 0.6 is 0 Å². The number of hydrogen-bond donors (Lipinski definition) is 1. The molecule has 0 saturated carbocycles. The summed E-state index contributed by atoms with van der Waals surface area (Å²) < 4.78 is 23.7. The average molecular weight is 246 g/mol. The monoisotopic (exact) mass is 246 g/mol. The fourth-order valence-electron chi connectivity index (χ4n) is 2.05. The standard InChI is InChI=1S/C14H11FO3/c1-8-11-6-10(15)2-3-12(11)18-14(8)13(16)9-4-5-17-7-9/h2-7,13,16H,1H3. The van der Waals surface area contributed by atoms with Crippen molar-refractivity contribution in [1.29, 1.82) is 0 Å². The van der Waals surface area contributed by atoms with Crippen LogP contribution in [0.3, 0.4) is 0 Å². The van der Waals surface area contributed by atoms with Crippen molar-refractivity contribution in [3.63, 3.8) is 0 Å². The number of halogens is 1. The SMILES string of the molecule is Cc1c(C(O)c2ccoc2)oc2ccc(F)cc12. The van der Waals surface area contributed by atoms with Crippen LogP contribution in [0.2, 0.25) is 0 Å². The van der Waals surface area contributed by atoms with Crippen LogP contribution in [-0.2, 0) is 0 Å². The quantitative estimate of drug-likeness (QED) is 0.752. The van der Waals surface area contributed by atoms with E-state index in [2.05, 4.69) is 0 Å². The number of hydrogen-bond acceptors (Lipinski definition) is 3. The minimum absolute atomic E-state index is 0.323. The number of benzene rings is 1. The predicted molar refractivity (Wildman–Crippen MR) is 63.7 cm³/mol. The highest BCUT2D eigenvalue weighted by molar-refractivity contribution is 5.82. The molecule has 1 atom stereocenters. The number of aliphatic hydroxyl groups is 1. The molecule has 1 unspecified atom stereocenters. The molecule has 0 radical (unpaired) electrons. The summed E-state index contributed by atoms with van der Waals surface area (Å²) in [5.41, 5.74) is 1.90. The Morgan fingerprint density at radius 2 is 2.11 bits per heavy atom. The van der Waals surface area contributed by atoms with Crippen molar-refractivity contribution in [2.45, 2.75) is 13.0 Å². The highest BCUT2D eigenvalue weighted by Crippen LogP contribution is 2.33. The van der Waals surface area contributed by atoms with Gasteiger partial charge in [0.05, 0.1) is 12.5 Å². The molecule has 2 heterocycles. The van der Waals surface area contributed by atoms with E-state index in [4.69, 9.17) is 8.83 Å². The van der Waals surface area contributed by atoms with Crippen LogP contribution in [0.1, 0.15) is 23.0 Å². The van der Waals surface area contributed by atoms with E-state index >= 15 is 0 Å². The van der Waals surface area contributed by atoms with Gasteiger partial charge >= 0.3 is 0 Å². The van der Waals surface area contributed by atoms with E-state index in [0.717, 1.165) is 5.56 Å². The van der Waals surface area contributed by atoms with Crippen LogP contribution in [0.5, 0.6) is 0 Å². The fourth-order valence-corrected chi connectivity index (χ4v) is 2.05. The van der Waals surface area contributed by atoms with E-state index in [1.807, 2.05) is 0 Å². The Bertz CT molecular complexity index is 682. The lowest BCUT2D eigenvalue weighted by molar-refractivity contribution is 0.190. The summed E-state index contributed by atoms with van der Waals surface area (Å²) in [6.45, 7) is 1.80.